The molecule has 22 heavy (non-hydrogen) atoms. The first kappa shape index (κ1) is 15.4. The predicted molar refractivity (Wildman–Crippen MR) is 92.0 cm³/mol. The second kappa shape index (κ2) is 7.19. The lowest BCUT2D eigenvalue weighted by atomic mass is 10.1. The summed E-state index contributed by atoms with van der Waals surface area (Å²) >= 11 is 3.92. The van der Waals surface area contributed by atoms with Crippen LogP contribution in [0.15, 0.2) is 30.9 Å². The minimum absolute atomic E-state index is 0.00980. The lowest BCUT2D eigenvalue weighted by Gasteiger charge is -2.21. The minimum atomic E-state index is -0.00980. The summed E-state index contributed by atoms with van der Waals surface area (Å²) in [5.41, 5.74) is 2.63. The Balaban J connectivity index is 1.64. The maximum Gasteiger partial charge on any atom is 0.251 e. The van der Waals surface area contributed by atoms with Gasteiger partial charge in [-0.15, -0.1) is 0 Å². The van der Waals surface area contributed by atoms with Crippen LogP contribution in [-0.2, 0) is 0 Å². The highest BCUT2D eigenvalue weighted by atomic mass is 32.2. The Hall–Kier alpha value is -1.47. The SMILES string of the molecule is Cc1cc(C(=O)NC[C@@H]2CSCCS2)ccc1-n1cncn1. The molecule has 1 aliphatic rings. The Bertz CT molecular complexity index is 639. The molecule has 0 aliphatic carbocycles. The number of thioether (sulfide) groups is 2. The van der Waals surface area contributed by atoms with E-state index in [0.717, 1.165) is 23.5 Å². The van der Waals surface area contributed by atoms with Gasteiger partial charge >= 0.3 is 0 Å². The molecule has 0 saturated carbocycles. The first-order valence-electron chi connectivity index (χ1n) is 7.17. The maximum atomic E-state index is 12.3. The zero-order valence-electron chi connectivity index (χ0n) is 12.4. The van der Waals surface area contributed by atoms with Crippen molar-refractivity contribution in [1.29, 1.82) is 0 Å². The average molecular weight is 334 g/mol. The maximum absolute atomic E-state index is 12.3. The van der Waals surface area contributed by atoms with E-state index in [0.29, 0.717) is 10.8 Å². The van der Waals surface area contributed by atoms with Crippen molar-refractivity contribution in [2.45, 2.75) is 12.2 Å². The second-order valence-electron chi connectivity index (χ2n) is 5.12. The van der Waals surface area contributed by atoms with E-state index in [9.17, 15) is 4.79 Å². The second-order valence-corrected chi connectivity index (χ2v) is 7.68. The molecule has 1 aliphatic heterocycles. The average Bonchev–Trinajstić information content (AvgIpc) is 3.07. The molecule has 1 aromatic heterocycles. The third-order valence-electron chi connectivity index (χ3n) is 3.50. The van der Waals surface area contributed by atoms with Crippen LogP contribution in [0, 0.1) is 6.92 Å². The van der Waals surface area contributed by atoms with Gasteiger partial charge in [0.15, 0.2) is 0 Å². The van der Waals surface area contributed by atoms with Crippen molar-refractivity contribution in [2.75, 3.05) is 23.8 Å². The number of hydrogen-bond donors (Lipinski definition) is 1. The summed E-state index contributed by atoms with van der Waals surface area (Å²) in [6.07, 6.45) is 3.15. The van der Waals surface area contributed by atoms with Crippen LogP contribution in [0.25, 0.3) is 5.69 Å². The van der Waals surface area contributed by atoms with Crippen LogP contribution in [-0.4, -0.2) is 49.7 Å². The molecule has 2 heterocycles. The summed E-state index contributed by atoms with van der Waals surface area (Å²) in [5.74, 6) is 3.51. The van der Waals surface area contributed by atoms with Gasteiger partial charge in [-0.25, -0.2) is 9.67 Å². The third kappa shape index (κ3) is 3.64. The molecule has 0 spiro atoms. The highest BCUT2D eigenvalue weighted by Gasteiger charge is 2.16. The fourth-order valence-electron chi connectivity index (χ4n) is 2.35. The Morgan fingerprint density at radius 2 is 2.36 bits per heavy atom. The first-order chi connectivity index (χ1) is 10.7. The Morgan fingerprint density at radius 1 is 1.45 bits per heavy atom. The quantitative estimate of drug-likeness (QED) is 0.928. The molecule has 1 saturated heterocycles. The van der Waals surface area contributed by atoms with Crippen LogP contribution in [0.5, 0.6) is 0 Å². The van der Waals surface area contributed by atoms with Gasteiger partial charge in [0.1, 0.15) is 12.7 Å². The zero-order chi connectivity index (χ0) is 15.4. The molecular weight excluding hydrogens is 316 g/mol. The first-order valence-corrected chi connectivity index (χ1v) is 9.37. The van der Waals surface area contributed by atoms with Crippen LogP contribution in [0.4, 0.5) is 0 Å². The lowest BCUT2D eigenvalue weighted by Crippen LogP contribution is -2.33. The number of nitrogens with zero attached hydrogens (tertiary/aromatic N) is 3. The van der Waals surface area contributed by atoms with Crippen molar-refractivity contribution < 1.29 is 4.79 Å². The summed E-state index contributed by atoms with van der Waals surface area (Å²) in [6.45, 7) is 2.71. The number of amides is 1. The number of hydrogen-bond acceptors (Lipinski definition) is 5. The van der Waals surface area contributed by atoms with E-state index in [1.807, 2.05) is 48.6 Å². The Labute approximate surface area is 138 Å². The van der Waals surface area contributed by atoms with Crippen molar-refractivity contribution in [3.05, 3.63) is 42.0 Å². The van der Waals surface area contributed by atoms with Crippen LogP contribution in [0.1, 0.15) is 15.9 Å². The highest BCUT2D eigenvalue weighted by Crippen LogP contribution is 2.23. The van der Waals surface area contributed by atoms with Gasteiger partial charge in [0.25, 0.3) is 5.91 Å². The van der Waals surface area contributed by atoms with Gasteiger partial charge < -0.3 is 5.32 Å². The Kier molecular flexibility index (Phi) is 5.04. The van der Waals surface area contributed by atoms with Gasteiger partial charge in [-0.3, -0.25) is 4.79 Å². The molecule has 7 heteroatoms. The molecule has 1 atom stereocenters. The molecule has 0 bridgehead atoms. The van der Waals surface area contributed by atoms with E-state index < -0.39 is 0 Å². The van der Waals surface area contributed by atoms with Crippen LogP contribution >= 0.6 is 23.5 Å². The molecule has 5 nitrogen and oxygen atoms in total. The van der Waals surface area contributed by atoms with Crippen molar-refractivity contribution in [3.63, 3.8) is 0 Å². The van der Waals surface area contributed by atoms with Gasteiger partial charge in [0, 0.05) is 34.6 Å². The van der Waals surface area contributed by atoms with Gasteiger partial charge in [-0.05, 0) is 30.7 Å². The van der Waals surface area contributed by atoms with E-state index in [-0.39, 0.29) is 5.91 Å². The molecular formula is C15H18N4OS2. The predicted octanol–water partition coefficient (Wildman–Crippen LogP) is 2.15. The largest absolute Gasteiger partial charge is 0.351 e. The summed E-state index contributed by atoms with van der Waals surface area (Å²) in [4.78, 5) is 16.2. The summed E-state index contributed by atoms with van der Waals surface area (Å²) in [5, 5.41) is 7.69. The monoisotopic (exact) mass is 334 g/mol. The summed E-state index contributed by atoms with van der Waals surface area (Å²) < 4.78 is 1.70. The summed E-state index contributed by atoms with van der Waals surface area (Å²) in [7, 11) is 0. The molecule has 1 fully saturated rings. The minimum Gasteiger partial charge on any atom is -0.351 e. The molecule has 0 radical (unpaired) electrons. The van der Waals surface area contributed by atoms with E-state index in [4.69, 9.17) is 0 Å². The van der Waals surface area contributed by atoms with Crippen LogP contribution < -0.4 is 5.32 Å². The topological polar surface area (TPSA) is 59.8 Å². The number of nitrogens with one attached hydrogen (secondary N) is 1. The molecule has 116 valence electrons. The fraction of sp³-hybridized carbons (Fsp3) is 0.400. The number of carbonyl (C=O) groups is 1. The van der Waals surface area contributed by atoms with Crippen molar-refractivity contribution in [3.8, 4) is 5.69 Å². The standard InChI is InChI=1S/C15H18N4OS2/c1-11-6-12(2-3-14(11)19-10-16-9-18-19)15(20)17-7-13-8-21-4-5-22-13/h2-3,6,9-10,13H,4-5,7-8H2,1H3,(H,17,20)/t13-/m1/s1. The molecule has 2 aromatic rings. The number of aryl methyl sites for hydroxylation is 1. The number of benzene rings is 1. The van der Waals surface area contributed by atoms with Crippen molar-refractivity contribution in [2.24, 2.45) is 0 Å². The van der Waals surface area contributed by atoms with Crippen molar-refractivity contribution >= 4 is 29.4 Å². The van der Waals surface area contributed by atoms with Crippen LogP contribution in [0.2, 0.25) is 0 Å². The van der Waals surface area contributed by atoms with E-state index in [1.54, 1.807) is 11.0 Å². The fourth-order valence-corrected chi connectivity index (χ4v) is 4.96. The van der Waals surface area contributed by atoms with Crippen molar-refractivity contribution in [1.82, 2.24) is 20.1 Å². The molecule has 1 amide bonds. The molecule has 0 unspecified atom stereocenters. The van der Waals surface area contributed by atoms with E-state index >= 15 is 0 Å². The van der Waals surface area contributed by atoms with Crippen LogP contribution in [0.3, 0.4) is 0 Å². The number of carbonyl (C=O) groups excluding carboxylic acids is 1. The summed E-state index contributed by atoms with van der Waals surface area (Å²) in [6, 6.07) is 5.64. The van der Waals surface area contributed by atoms with Gasteiger partial charge in [-0.2, -0.15) is 28.6 Å². The molecule has 1 aromatic carbocycles. The van der Waals surface area contributed by atoms with Gasteiger partial charge in [-0.1, -0.05) is 0 Å². The lowest BCUT2D eigenvalue weighted by molar-refractivity contribution is 0.0954. The van der Waals surface area contributed by atoms with E-state index in [2.05, 4.69) is 15.4 Å². The van der Waals surface area contributed by atoms with Gasteiger partial charge in [0.2, 0.25) is 0 Å². The van der Waals surface area contributed by atoms with Gasteiger partial charge in [0.05, 0.1) is 5.69 Å². The third-order valence-corrected chi connectivity index (χ3v) is 6.34. The Morgan fingerprint density at radius 3 is 3.05 bits per heavy atom. The number of rotatable bonds is 4. The highest BCUT2D eigenvalue weighted by molar-refractivity contribution is 8.06. The smallest absolute Gasteiger partial charge is 0.251 e. The normalized spacial score (nSPS) is 18.1. The number of aromatic nitrogens is 3. The zero-order valence-corrected chi connectivity index (χ0v) is 14.0. The van der Waals surface area contributed by atoms with E-state index in [1.165, 1.54) is 17.8 Å². The molecule has 3 rings (SSSR count). The molecule has 1 N–H and O–H groups in total.